The summed E-state index contributed by atoms with van der Waals surface area (Å²) < 4.78 is 0. The summed E-state index contributed by atoms with van der Waals surface area (Å²) in [5.74, 6) is 0.00305. The topological polar surface area (TPSA) is 55.8 Å². The number of carbonyl (C=O) groups is 1. The highest BCUT2D eigenvalue weighted by Gasteiger charge is 2.16. The van der Waals surface area contributed by atoms with Crippen molar-refractivity contribution in [1.82, 2.24) is 15.1 Å². The van der Waals surface area contributed by atoms with E-state index in [9.17, 15) is 9.90 Å². The van der Waals surface area contributed by atoms with Gasteiger partial charge < -0.3 is 15.3 Å². The minimum atomic E-state index is -0.574. The fraction of sp³-hybridized carbons (Fsp3) is 0.650. The molecule has 0 aliphatic carbocycles. The van der Waals surface area contributed by atoms with Crippen molar-refractivity contribution in [3.05, 3.63) is 35.4 Å². The molecule has 0 bridgehead atoms. The zero-order chi connectivity index (χ0) is 18.2. The number of hydrogen-bond acceptors (Lipinski definition) is 4. The number of hydrogen-bond donors (Lipinski definition) is 2. The first kappa shape index (κ1) is 19.9. The number of aliphatic hydroxyl groups excluding tert-OH is 1. The zero-order valence-electron chi connectivity index (χ0n) is 15.9. The quantitative estimate of drug-likeness (QED) is 0.753. The molecule has 2 rings (SSSR count). The number of nitrogens with one attached hydrogen (secondary N) is 1. The molecule has 140 valence electrons. The number of likely N-dealkylation sites (N-methyl/N-ethyl adjacent to an activating group) is 1. The van der Waals surface area contributed by atoms with E-state index >= 15 is 0 Å². The Morgan fingerprint density at radius 1 is 1.08 bits per heavy atom. The van der Waals surface area contributed by atoms with E-state index in [1.54, 1.807) is 0 Å². The summed E-state index contributed by atoms with van der Waals surface area (Å²) in [6, 6.07) is 8.46. The van der Waals surface area contributed by atoms with Gasteiger partial charge in [-0.15, -0.1) is 0 Å². The summed E-state index contributed by atoms with van der Waals surface area (Å²) in [7, 11) is 0. The molecular formula is C20H33N3O2. The molecule has 0 radical (unpaired) electrons. The standard InChI is InChI=1S/C20H33N3O2/c1-4-22-9-11-23(12-10-22)15-18-7-5-17(6-8-18)14-21-20(25)13-19(24)16(2)3/h5-8,16,19,24H,4,9-15H2,1-3H3,(H,21,25). The Labute approximate surface area is 152 Å². The van der Waals surface area contributed by atoms with Gasteiger partial charge in [-0.1, -0.05) is 45.0 Å². The molecule has 1 amide bonds. The van der Waals surface area contributed by atoms with Crippen molar-refractivity contribution < 1.29 is 9.90 Å². The van der Waals surface area contributed by atoms with Crippen LogP contribution < -0.4 is 5.32 Å². The molecule has 1 aliphatic heterocycles. The van der Waals surface area contributed by atoms with Gasteiger partial charge in [0.1, 0.15) is 0 Å². The van der Waals surface area contributed by atoms with Gasteiger partial charge in [-0.3, -0.25) is 9.69 Å². The average molecular weight is 348 g/mol. The molecule has 5 nitrogen and oxygen atoms in total. The lowest BCUT2D eigenvalue weighted by Gasteiger charge is -2.34. The Kier molecular flexibility index (Phi) is 7.88. The van der Waals surface area contributed by atoms with Gasteiger partial charge in [-0.05, 0) is 23.6 Å². The van der Waals surface area contributed by atoms with E-state index in [1.165, 1.54) is 5.56 Å². The van der Waals surface area contributed by atoms with E-state index in [0.29, 0.717) is 6.54 Å². The molecule has 2 N–H and O–H groups in total. The highest BCUT2D eigenvalue weighted by atomic mass is 16.3. The number of benzene rings is 1. The highest BCUT2D eigenvalue weighted by molar-refractivity contribution is 5.76. The molecule has 0 aromatic heterocycles. The summed E-state index contributed by atoms with van der Waals surface area (Å²) in [4.78, 5) is 16.8. The van der Waals surface area contributed by atoms with Crippen LogP contribution in [0.25, 0.3) is 0 Å². The third-order valence-electron chi connectivity index (χ3n) is 5.00. The Morgan fingerprint density at radius 3 is 2.20 bits per heavy atom. The fourth-order valence-electron chi connectivity index (χ4n) is 2.98. The molecule has 1 atom stereocenters. The molecule has 1 aromatic carbocycles. The second kappa shape index (κ2) is 9.90. The van der Waals surface area contributed by atoms with Gasteiger partial charge >= 0.3 is 0 Å². The second-order valence-electron chi connectivity index (χ2n) is 7.32. The number of amides is 1. The average Bonchev–Trinajstić information content (AvgIpc) is 2.61. The molecule has 1 unspecified atom stereocenters. The first-order valence-corrected chi connectivity index (χ1v) is 9.45. The minimum Gasteiger partial charge on any atom is -0.392 e. The lowest BCUT2D eigenvalue weighted by Crippen LogP contribution is -2.45. The summed E-state index contributed by atoms with van der Waals surface area (Å²) in [5, 5.41) is 12.6. The van der Waals surface area contributed by atoms with Crippen LogP contribution >= 0.6 is 0 Å². The van der Waals surface area contributed by atoms with Gasteiger partial charge in [-0.2, -0.15) is 0 Å². The van der Waals surface area contributed by atoms with Crippen LogP contribution in [0.5, 0.6) is 0 Å². The van der Waals surface area contributed by atoms with Crippen molar-refractivity contribution in [3.8, 4) is 0 Å². The Balaban J connectivity index is 1.73. The second-order valence-corrected chi connectivity index (χ2v) is 7.32. The van der Waals surface area contributed by atoms with Crippen LogP contribution in [0.4, 0.5) is 0 Å². The SMILES string of the molecule is CCN1CCN(Cc2ccc(CNC(=O)CC(O)C(C)C)cc2)CC1. The predicted octanol–water partition coefficient (Wildman–Crippen LogP) is 1.85. The number of piperazine rings is 1. The van der Waals surface area contributed by atoms with Gasteiger partial charge in [0, 0.05) is 39.3 Å². The highest BCUT2D eigenvalue weighted by Crippen LogP contribution is 2.11. The monoisotopic (exact) mass is 347 g/mol. The van der Waals surface area contributed by atoms with E-state index in [4.69, 9.17) is 0 Å². The fourth-order valence-corrected chi connectivity index (χ4v) is 2.98. The van der Waals surface area contributed by atoms with Crippen LogP contribution in [0.3, 0.4) is 0 Å². The van der Waals surface area contributed by atoms with Gasteiger partial charge in [-0.25, -0.2) is 0 Å². The molecule has 1 saturated heterocycles. The zero-order valence-corrected chi connectivity index (χ0v) is 15.9. The number of rotatable bonds is 8. The van der Waals surface area contributed by atoms with Gasteiger partial charge in [0.05, 0.1) is 12.5 Å². The Morgan fingerprint density at radius 2 is 1.64 bits per heavy atom. The minimum absolute atomic E-state index is 0.0981. The van der Waals surface area contributed by atoms with Crippen molar-refractivity contribution in [2.24, 2.45) is 5.92 Å². The maximum absolute atomic E-state index is 11.8. The Bertz CT molecular complexity index is 522. The maximum Gasteiger partial charge on any atom is 0.222 e. The first-order chi connectivity index (χ1) is 12.0. The molecule has 25 heavy (non-hydrogen) atoms. The van der Waals surface area contributed by atoms with Crippen molar-refractivity contribution in [2.75, 3.05) is 32.7 Å². The lowest BCUT2D eigenvalue weighted by atomic mass is 10.0. The third kappa shape index (κ3) is 6.77. The van der Waals surface area contributed by atoms with E-state index in [1.807, 2.05) is 13.8 Å². The molecule has 1 heterocycles. The summed E-state index contributed by atoms with van der Waals surface area (Å²) >= 11 is 0. The van der Waals surface area contributed by atoms with Crippen molar-refractivity contribution in [3.63, 3.8) is 0 Å². The molecule has 0 saturated carbocycles. The van der Waals surface area contributed by atoms with Gasteiger partial charge in [0.2, 0.25) is 5.91 Å². The predicted molar refractivity (Wildman–Crippen MR) is 101 cm³/mol. The van der Waals surface area contributed by atoms with E-state index in [0.717, 1.165) is 44.8 Å². The number of aliphatic hydroxyl groups is 1. The summed E-state index contributed by atoms with van der Waals surface area (Å²) in [5.41, 5.74) is 2.40. The van der Waals surface area contributed by atoms with E-state index in [2.05, 4.69) is 46.3 Å². The van der Waals surface area contributed by atoms with Crippen LogP contribution in [-0.2, 0) is 17.9 Å². The summed E-state index contributed by atoms with van der Waals surface area (Å²) in [6.45, 7) is 13.3. The van der Waals surface area contributed by atoms with E-state index in [-0.39, 0.29) is 18.2 Å². The van der Waals surface area contributed by atoms with Crippen molar-refractivity contribution in [2.45, 2.75) is 46.4 Å². The van der Waals surface area contributed by atoms with Crippen LogP contribution in [0.1, 0.15) is 38.3 Å². The lowest BCUT2D eigenvalue weighted by molar-refractivity contribution is -0.123. The van der Waals surface area contributed by atoms with Crippen LogP contribution in [0.15, 0.2) is 24.3 Å². The normalized spacial score (nSPS) is 17.6. The first-order valence-electron chi connectivity index (χ1n) is 9.45. The molecule has 1 aromatic rings. The van der Waals surface area contributed by atoms with Crippen LogP contribution in [0, 0.1) is 5.92 Å². The third-order valence-corrected chi connectivity index (χ3v) is 5.00. The van der Waals surface area contributed by atoms with Crippen LogP contribution in [0.2, 0.25) is 0 Å². The van der Waals surface area contributed by atoms with Gasteiger partial charge in [0.25, 0.3) is 0 Å². The maximum atomic E-state index is 11.8. The smallest absolute Gasteiger partial charge is 0.222 e. The molecule has 5 heteroatoms. The number of carbonyl (C=O) groups excluding carboxylic acids is 1. The Hall–Kier alpha value is -1.43. The van der Waals surface area contributed by atoms with Gasteiger partial charge in [0.15, 0.2) is 0 Å². The largest absolute Gasteiger partial charge is 0.392 e. The molecule has 1 fully saturated rings. The van der Waals surface area contributed by atoms with Crippen molar-refractivity contribution >= 4 is 5.91 Å². The van der Waals surface area contributed by atoms with Crippen molar-refractivity contribution in [1.29, 1.82) is 0 Å². The molecule has 1 aliphatic rings. The molecular weight excluding hydrogens is 314 g/mol. The molecule has 0 spiro atoms. The van der Waals surface area contributed by atoms with E-state index < -0.39 is 6.10 Å². The number of nitrogens with zero attached hydrogens (tertiary/aromatic N) is 2. The summed E-state index contributed by atoms with van der Waals surface area (Å²) in [6.07, 6.45) is -0.407. The van der Waals surface area contributed by atoms with Crippen LogP contribution in [-0.4, -0.2) is 59.6 Å².